The van der Waals surface area contributed by atoms with Crippen LogP contribution >= 0.6 is 0 Å². The Labute approximate surface area is 101 Å². The van der Waals surface area contributed by atoms with Gasteiger partial charge >= 0.3 is 5.97 Å². The molecule has 94 valence electrons. The Morgan fingerprint density at radius 2 is 1.65 bits per heavy atom. The molecule has 4 heteroatoms. The standard InChI is InChI=1S/C13H18O4/c1-2-9-16-11-5-7-12(8-6-11)17-10-3-4-13(14)15/h5-8H,2-4,9-10H2,1H3,(H,14,15). The third kappa shape index (κ3) is 5.80. The Balaban J connectivity index is 2.27. The molecular weight excluding hydrogens is 220 g/mol. The first kappa shape index (κ1) is 13.4. The molecule has 4 nitrogen and oxygen atoms in total. The Hall–Kier alpha value is -1.71. The predicted octanol–water partition coefficient (Wildman–Crippen LogP) is 2.72. The number of aliphatic carboxylic acids is 1. The molecule has 0 atom stereocenters. The minimum absolute atomic E-state index is 0.137. The maximum atomic E-state index is 10.3. The molecule has 0 saturated carbocycles. The van der Waals surface area contributed by atoms with Gasteiger partial charge < -0.3 is 14.6 Å². The maximum absolute atomic E-state index is 10.3. The van der Waals surface area contributed by atoms with Crippen LogP contribution in [0.25, 0.3) is 0 Å². The van der Waals surface area contributed by atoms with E-state index in [9.17, 15) is 4.79 Å². The summed E-state index contributed by atoms with van der Waals surface area (Å²) in [5, 5.41) is 8.46. The van der Waals surface area contributed by atoms with Crippen molar-refractivity contribution in [1.29, 1.82) is 0 Å². The van der Waals surface area contributed by atoms with Gasteiger partial charge in [-0.05, 0) is 37.1 Å². The summed E-state index contributed by atoms with van der Waals surface area (Å²) in [5.74, 6) is 0.765. The summed E-state index contributed by atoms with van der Waals surface area (Å²) in [5.41, 5.74) is 0. The number of rotatable bonds is 8. The molecule has 0 heterocycles. The Kier molecular flexibility index (Phi) is 5.93. The lowest BCUT2D eigenvalue weighted by Crippen LogP contribution is -2.02. The van der Waals surface area contributed by atoms with Crippen LogP contribution in [0.4, 0.5) is 0 Å². The van der Waals surface area contributed by atoms with Crippen LogP contribution in [0.5, 0.6) is 11.5 Å². The van der Waals surface area contributed by atoms with Crippen LogP contribution in [-0.4, -0.2) is 24.3 Å². The first-order valence-corrected chi connectivity index (χ1v) is 5.80. The summed E-state index contributed by atoms with van der Waals surface area (Å²) in [7, 11) is 0. The van der Waals surface area contributed by atoms with Gasteiger partial charge in [-0.3, -0.25) is 4.79 Å². The van der Waals surface area contributed by atoms with Crippen LogP contribution < -0.4 is 9.47 Å². The highest BCUT2D eigenvalue weighted by atomic mass is 16.5. The van der Waals surface area contributed by atoms with Crippen molar-refractivity contribution >= 4 is 5.97 Å². The van der Waals surface area contributed by atoms with Gasteiger partial charge in [-0.25, -0.2) is 0 Å². The van der Waals surface area contributed by atoms with E-state index in [2.05, 4.69) is 6.92 Å². The average molecular weight is 238 g/mol. The molecule has 17 heavy (non-hydrogen) atoms. The van der Waals surface area contributed by atoms with Gasteiger partial charge in [0.1, 0.15) is 11.5 Å². The van der Waals surface area contributed by atoms with E-state index in [1.165, 1.54) is 0 Å². The zero-order valence-corrected chi connectivity index (χ0v) is 10.0. The summed E-state index contributed by atoms with van der Waals surface area (Å²) >= 11 is 0. The van der Waals surface area contributed by atoms with Gasteiger partial charge in [0.25, 0.3) is 0 Å². The topological polar surface area (TPSA) is 55.8 Å². The summed E-state index contributed by atoms with van der Waals surface area (Å²) in [4.78, 5) is 10.3. The van der Waals surface area contributed by atoms with Gasteiger partial charge in [-0.15, -0.1) is 0 Å². The van der Waals surface area contributed by atoms with Crippen molar-refractivity contribution in [3.8, 4) is 11.5 Å². The van der Waals surface area contributed by atoms with Crippen molar-refractivity contribution in [2.45, 2.75) is 26.2 Å². The van der Waals surface area contributed by atoms with Crippen molar-refractivity contribution in [1.82, 2.24) is 0 Å². The number of benzene rings is 1. The van der Waals surface area contributed by atoms with Crippen molar-refractivity contribution in [3.63, 3.8) is 0 Å². The minimum atomic E-state index is -0.795. The van der Waals surface area contributed by atoms with E-state index >= 15 is 0 Å². The van der Waals surface area contributed by atoms with E-state index in [4.69, 9.17) is 14.6 Å². The molecule has 1 N–H and O–H groups in total. The molecule has 1 rings (SSSR count). The second kappa shape index (κ2) is 7.54. The van der Waals surface area contributed by atoms with E-state index < -0.39 is 5.97 Å². The highest BCUT2D eigenvalue weighted by Crippen LogP contribution is 2.17. The molecule has 1 aromatic carbocycles. The fourth-order valence-electron chi connectivity index (χ4n) is 1.27. The van der Waals surface area contributed by atoms with Crippen molar-refractivity contribution < 1.29 is 19.4 Å². The third-order valence-electron chi connectivity index (χ3n) is 2.10. The Bertz CT molecular complexity index is 332. The van der Waals surface area contributed by atoms with Crippen molar-refractivity contribution in [2.75, 3.05) is 13.2 Å². The lowest BCUT2D eigenvalue weighted by molar-refractivity contribution is -0.137. The first-order valence-electron chi connectivity index (χ1n) is 5.80. The monoisotopic (exact) mass is 238 g/mol. The van der Waals surface area contributed by atoms with Crippen LogP contribution in [-0.2, 0) is 4.79 Å². The van der Waals surface area contributed by atoms with Crippen LogP contribution in [0.3, 0.4) is 0 Å². The van der Waals surface area contributed by atoms with Crippen molar-refractivity contribution in [2.24, 2.45) is 0 Å². The van der Waals surface area contributed by atoms with E-state index in [1.807, 2.05) is 24.3 Å². The number of carboxylic acid groups (broad SMARTS) is 1. The molecule has 1 aromatic rings. The van der Waals surface area contributed by atoms with Crippen LogP contribution in [0.2, 0.25) is 0 Å². The highest BCUT2D eigenvalue weighted by Gasteiger charge is 1.98. The van der Waals surface area contributed by atoms with Crippen LogP contribution in [0, 0.1) is 0 Å². The minimum Gasteiger partial charge on any atom is -0.494 e. The maximum Gasteiger partial charge on any atom is 0.303 e. The fourth-order valence-corrected chi connectivity index (χ4v) is 1.27. The normalized spacial score (nSPS) is 9.94. The summed E-state index contributed by atoms with van der Waals surface area (Å²) in [6.45, 7) is 3.18. The lowest BCUT2D eigenvalue weighted by atomic mass is 10.3. The summed E-state index contributed by atoms with van der Waals surface area (Å²) < 4.78 is 10.8. The molecule has 0 radical (unpaired) electrons. The Morgan fingerprint density at radius 1 is 1.12 bits per heavy atom. The van der Waals surface area contributed by atoms with E-state index in [1.54, 1.807) is 0 Å². The number of ether oxygens (including phenoxy) is 2. The van der Waals surface area contributed by atoms with Gasteiger partial charge in [-0.2, -0.15) is 0 Å². The molecular formula is C13H18O4. The zero-order valence-electron chi connectivity index (χ0n) is 10.0. The molecule has 0 fully saturated rings. The second-order valence-corrected chi connectivity index (χ2v) is 3.67. The Morgan fingerprint density at radius 3 is 2.12 bits per heavy atom. The highest BCUT2D eigenvalue weighted by molar-refractivity contribution is 5.66. The van der Waals surface area contributed by atoms with Crippen LogP contribution in [0.15, 0.2) is 24.3 Å². The SMILES string of the molecule is CCCOc1ccc(OCCCC(=O)O)cc1. The van der Waals surface area contributed by atoms with Gasteiger partial charge in [0.15, 0.2) is 0 Å². The van der Waals surface area contributed by atoms with Gasteiger partial charge in [0.05, 0.1) is 13.2 Å². The number of hydrogen-bond acceptors (Lipinski definition) is 3. The lowest BCUT2D eigenvalue weighted by Gasteiger charge is -2.07. The second-order valence-electron chi connectivity index (χ2n) is 3.67. The molecule has 0 saturated heterocycles. The quantitative estimate of drug-likeness (QED) is 0.707. The van der Waals surface area contributed by atoms with E-state index in [-0.39, 0.29) is 6.42 Å². The summed E-state index contributed by atoms with van der Waals surface area (Å²) in [6.07, 6.45) is 1.63. The molecule has 0 aliphatic heterocycles. The fraction of sp³-hybridized carbons (Fsp3) is 0.462. The van der Waals surface area contributed by atoms with Crippen molar-refractivity contribution in [3.05, 3.63) is 24.3 Å². The van der Waals surface area contributed by atoms with Gasteiger partial charge in [0.2, 0.25) is 0 Å². The van der Waals surface area contributed by atoms with Gasteiger partial charge in [-0.1, -0.05) is 6.92 Å². The smallest absolute Gasteiger partial charge is 0.303 e. The first-order chi connectivity index (χ1) is 8.22. The van der Waals surface area contributed by atoms with Gasteiger partial charge in [0, 0.05) is 6.42 Å². The third-order valence-corrected chi connectivity index (χ3v) is 2.10. The molecule has 0 spiro atoms. The molecule has 0 aromatic heterocycles. The average Bonchev–Trinajstić information content (AvgIpc) is 2.33. The number of hydrogen-bond donors (Lipinski definition) is 1. The largest absolute Gasteiger partial charge is 0.494 e. The molecule has 0 aliphatic rings. The molecule has 0 bridgehead atoms. The number of carboxylic acids is 1. The predicted molar refractivity (Wildman–Crippen MR) is 64.6 cm³/mol. The zero-order chi connectivity index (χ0) is 12.5. The molecule has 0 unspecified atom stereocenters. The molecule has 0 aliphatic carbocycles. The van der Waals surface area contributed by atoms with Crippen LogP contribution in [0.1, 0.15) is 26.2 Å². The number of carbonyl (C=O) groups is 1. The summed E-state index contributed by atoms with van der Waals surface area (Å²) in [6, 6.07) is 7.35. The van der Waals surface area contributed by atoms with E-state index in [0.717, 1.165) is 17.9 Å². The molecule has 0 amide bonds. The van der Waals surface area contributed by atoms with E-state index in [0.29, 0.717) is 19.6 Å².